The Morgan fingerprint density at radius 3 is 1.86 bits per heavy atom. The molecule has 0 amide bonds. The fourth-order valence-electron chi connectivity index (χ4n) is 4.89. The Labute approximate surface area is 252 Å². The van der Waals surface area contributed by atoms with Crippen molar-refractivity contribution in [2.24, 2.45) is 4.99 Å². The lowest BCUT2D eigenvalue weighted by Gasteiger charge is -2.24. The van der Waals surface area contributed by atoms with Crippen LogP contribution in [0.4, 0.5) is 22.1 Å². The number of thiophene rings is 1. The van der Waals surface area contributed by atoms with Crippen molar-refractivity contribution in [3.8, 4) is 22.6 Å². The Morgan fingerprint density at radius 1 is 0.690 bits per heavy atom. The Balaban J connectivity index is 1.42. The molecule has 0 fully saturated rings. The second kappa shape index (κ2) is 10.4. The van der Waals surface area contributed by atoms with E-state index >= 15 is 0 Å². The molecular weight excluding hydrogens is 581 g/mol. The van der Waals surface area contributed by atoms with Crippen LogP contribution in [0.15, 0.2) is 77.8 Å². The number of anilines is 3. The van der Waals surface area contributed by atoms with Crippen LogP contribution in [-0.4, -0.2) is 23.2 Å². The summed E-state index contributed by atoms with van der Waals surface area (Å²) in [6.45, 7) is 4.18. The van der Waals surface area contributed by atoms with E-state index in [1.165, 1.54) is 11.1 Å². The minimum absolute atomic E-state index is 0.245. The van der Waals surface area contributed by atoms with Crippen molar-refractivity contribution in [2.45, 2.75) is 13.8 Å². The van der Waals surface area contributed by atoms with Gasteiger partial charge in [0.15, 0.2) is 0 Å². The summed E-state index contributed by atoms with van der Waals surface area (Å²) in [6.07, 6.45) is 0. The van der Waals surface area contributed by atoms with E-state index in [9.17, 15) is 10.5 Å². The lowest BCUT2D eigenvalue weighted by Crippen LogP contribution is -2.08. The first-order chi connectivity index (χ1) is 20.5. The van der Waals surface area contributed by atoms with Crippen molar-refractivity contribution in [1.29, 1.82) is 10.5 Å². The van der Waals surface area contributed by atoms with Gasteiger partial charge in [0.1, 0.15) is 39.2 Å². The summed E-state index contributed by atoms with van der Waals surface area (Å²) in [5.41, 5.74) is 8.38. The molecule has 0 spiro atoms. The zero-order valence-electron chi connectivity index (χ0n) is 22.2. The predicted molar refractivity (Wildman–Crippen MR) is 172 cm³/mol. The summed E-state index contributed by atoms with van der Waals surface area (Å²) in [6, 6.07) is 28.9. The highest BCUT2D eigenvalue weighted by atomic mass is 32.1. The highest BCUT2D eigenvalue weighted by Crippen LogP contribution is 2.45. The third-order valence-corrected chi connectivity index (χ3v) is 9.11. The molecule has 8 nitrogen and oxygen atoms in total. The average molecular weight is 599 g/mol. The van der Waals surface area contributed by atoms with Crippen molar-refractivity contribution in [3.05, 3.63) is 83.9 Å². The number of aryl methyl sites for hydroxylation is 2. The van der Waals surface area contributed by atoms with Crippen LogP contribution in [0.5, 0.6) is 0 Å². The van der Waals surface area contributed by atoms with Gasteiger partial charge < -0.3 is 4.90 Å². The largest absolute Gasteiger partial charge is 0.302 e. The minimum Gasteiger partial charge on any atom is -0.302 e. The van der Waals surface area contributed by atoms with Gasteiger partial charge in [0.25, 0.3) is 0 Å². The molecule has 0 aliphatic carbocycles. The molecule has 0 N–H and O–H groups in total. The average Bonchev–Trinajstić information content (AvgIpc) is 3.79. The summed E-state index contributed by atoms with van der Waals surface area (Å²) in [5.74, 6) is 0. The number of aliphatic imine (C=N–C) groups is 1. The highest BCUT2D eigenvalue weighted by Gasteiger charge is 2.21. The van der Waals surface area contributed by atoms with Crippen molar-refractivity contribution < 1.29 is 0 Å². The lowest BCUT2D eigenvalue weighted by atomic mass is 10.0. The van der Waals surface area contributed by atoms with Gasteiger partial charge in [0.2, 0.25) is 5.71 Å². The molecule has 3 heterocycles. The molecule has 0 radical (unpaired) electrons. The number of aromatic nitrogens is 4. The van der Waals surface area contributed by atoms with Crippen LogP contribution in [0.1, 0.15) is 11.1 Å². The van der Waals surface area contributed by atoms with Crippen LogP contribution in [0.25, 0.3) is 43.3 Å². The predicted octanol–water partition coefficient (Wildman–Crippen LogP) is 8.78. The number of nitrogens with zero attached hydrogens (tertiary/aromatic N) is 8. The van der Waals surface area contributed by atoms with E-state index in [1.807, 2.05) is 18.2 Å². The first-order valence-corrected chi connectivity index (χ1v) is 15.1. The molecule has 4 aromatic carbocycles. The fraction of sp³-hybridized carbons (Fsp3) is 0.0645. The molecule has 3 aromatic heterocycles. The first-order valence-electron chi connectivity index (χ1n) is 12.8. The van der Waals surface area contributed by atoms with Crippen LogP contribution in [0, 0.1) is 36.5 Å². The fourth-order valence-corrected chi connectivity index (χ4v) is 7.10. The minimum atomic E-state index is -0.245. The molecule has 0 aliphatic heterocycles. The van der Waals surface area contributed by atoms with Gasteiger partial charge in [-0.15, -0.1) is 11.3 Å². The number of hydrogen-bond donors (Lipinski definition) is 0. The van der Waals surface area contributed by atoms with E-state index in [0.717, 1.165) is 72.1 Å². The van der Waals surface area contributed by atoms with Crippen molar-refractivity contribution in [3.63, 3.8) is 0 Å². The van der Waals surface area contributed by atoms with Gasteiger partial charge in [-0.3, -0.25) is 0 Å². The number of benzene rings is 4. The maximum absolute atomic E-state index is 9.28. The topological polar surface area (TPSA) is 115 Å². The van der Waals surface area contributed by atoms with Crippen LogP contribution >= 0.6 is 34.8 Å². The van der Waals surface area contributed by atoms with E-state index in [2.05, 4.69) is 108 Å². The molecule has 7 aromatic rings. The second-order valence-electron chi connectivity index (χ2n) is 9.67. The molecule has 0 saturated heterocycles. The van der Waals surface area contributed by atoms with E-state index in [1.54, 1.807) is 11.3 Å². The Kier molecular flexibility index (Phi) is 6.40. The summed E-state index contributed by atoms with van der Waals surface area (Å²) >= 11 is 3.89. The molecule has 0 bridgehead atoms. The normalized spacial score (nSPS) is 11.0. The van der Waals surface area contributed by atoms with Gasteiger partial charge in [0.05, 0.1) is 29.1 Å². The van der Waals surface area contributed by atoms with Crippen LogP contribution in [0.3, 0.4) is 0 Å². The Morgan fingerprint density at radius 2 is 1.24 bits per heavy atom. The van der Waals surface area contributed by atoms with Gasteiger partial charge in [-0.05, 0) is 62.4 Å². The monoisotopic (exact) mass is 598 g/mol. The standard InChI is InChI=1S/C31H18N8S3/c1-17-3-7-20(8-4-17)39(21-9-5-18(2)6-10-21)27-12-11-26(40-27)24-13-22-23(28-30(24)37-41-35-28)14-25(34-19(15-32)16-33)31-29(22)36-42-38-31/h3-14H,1-2H3. The van der Waals surface area contributed by atoms with Gasteiger partial charge in [0, 0.05) is 32.6 Å². The number of rotatable bonds is 5. The maximum Gasteiger partial charge on any atom is 0.218 e. The quantitative estimate of drug-likeness (QED) is 0.182. The van der Waals surface area contributed by atoms with E-state index in [0.29, 0.717) is 16.7 Å². The third-order valence-electron chi connectivity index (χ3n) is 6.95. The molecule has 7 rings (SSSR count). The van der Waals surface area contributed by atoms with Crippen molar-refractivity contribution in [2.75, 3.05) is 4.90 Å². The van der Waals surface area contributed by atoms with Gasteiger partial charge >= 0.3 is 0 Å². The summed E-state index contributed by atoms with van der Waals surface area (Å²) in [4.78, 5) is 7.57. The molecule has 200 valence electrons. The summed E-state index contributed by atoms with van der Waals surface area (Å²) in [5, 5.41) is 21.3. The smallest absolute Gasteiger partial charge is 0.218 e. The molecule has 0 unspecified atom stereocenters. The Hall–Kier alpha value is -5.07. The second-order valence-corrected chi connectivity index (χ2v) is 11.8. The van der Waals surface area contributed by atoms with Gasteiger partial charge in [-0.1, -0.05) is 35.4 Å². The zero-order valence-corrected chi connectivity index (χ0v) is 24.7. The van der Waals surface area contributed by atoms with Crippen LogP contribution < -0.4 is 4.90 Å². The summed E-state index contributed by atoms with van der Waals surface area (Å²) < 4.78 is 18.3. The van der Waals surface area contributed by atoms with Crippen LogP contribution in [0.2, 0.25) is 0 Å². The van der Waals surface area contributed by atoms with Gasteiger partial charge in [-0.2, -0.15) is 28.0 Å². The first kappa shape index (κ1) is 25.9. The molecule has 11 heteroatoms. The highest BCUT2D eigenvalue weighted by molar-refractivity contribution is 7.19. The molecule has 0 saturated carbocycles. The number of nitriles is 2. The number of hydrogen-bond acceptors (Lipinski definition) is 11. The summed E-state index contributed by atoms with van der Waals surface area (Å²) in [7, 11) is 0. The number of fused-ring (bicyclic) bond motifs is 5. The van der Waals surface area contributed by atoms with Crippen molar-refractivity contribution >= 4 is 95.4 Å². The van der Waals surface area contributed by atoms with Gasteiger partial charge in [-0.25, -0.2) is 4.99 Å². The Bertz CT molecular complexity index is 2180. The van der Waals surface area contributed by atoms with E-state index < -0.39 is 0 Å². The van der Waals surface area contributed by atoms with E-state index in [4.69, 9.17) is 0 Å². The molecule has 0 aliphatic rings. The molecule has 0 atom stereocenters. The SMILES string of the molecule is Cc1ccc(N(c2ccc(C)cc2)c2ccc(-c3cc4c(cc(N=C(C#N)C#N)c5nsnc54)c4nsnc34)s2)cc1. The third kappa shape index (κ3) is 4.37. The maximum atomic E-state index is 9.28. The van der Waals surface area contributed by atoms with E-state index in [-0.39, 0.29) is 5.71 Å². The lowest BCUT2D eigenvalue weighted by molar-refractivity contribution is 1.29. The zero-order chi connectivity index (χ0) is 28.8. The molecule has 42 heavy (non-hydrogen) atoms. The molecular formula is C31H18N8S3. The van der Waals surface area contributed by atoms with Crippen LogP contribution in [-0.2, 0) is 0 Å². The van der Waals surface area contributed by atoms with Crippen molar-refractivity contribution in [1.82, 2.24) is 17.5 Å².